The number of halogens is 1. The van der Waals surface area contributed by atoms with Gasteiger partial charge in [-0.25, -0.2) is 9.78 Å². The summed E-state index contributed by atoms with van der Waals surface area (Å²) in [5.41, 5.74) is 6.25. The molecule has 1 aromatic carbocycles. The van der Waals surface area contributed by atoms with Crippen LogP contribution >= 0.6 is 27.3 Å². The molecule has 0 aliphatic heterocycles. The van der Waals surface area contributed by atoms with E-state index in [0.717, 1.165) is 4.47 Å². The SMILES string of the molecule is NC(=O)c1cc(Br)ccc1NCc1nc(C(=O)O)cs1. The molecule has 2 aromatic rings. The summed E-state index contributed by atoms with van der Waals surface area (Å²) >= 11 is 4.50. The Labute approximate surface area is 126 Å². The molecule has 0 spiro atoms. The highest BCUT2D eigenvalue weighted by atomic mass is 79.9. The highest BCUT2D eigenvalue weighted by Gasteiger charge is 2.11. The fraction of sp³-hybridized carbons (Fsp3) is 0.0833. The molecule has 1 heterocycles. The van der Waals surface area contributed by atoms with Crippen molar-refractivity contribution in [1.82, 2.24) is 4.98 Å². The molecule has 0 saturated carbocycles. The monoisotopic (exact) mass is 355 g/mol. The Balaban J connectivity index is 2.14. The van der Waals surface area contributed by atoms with Gasteiger partial charge in [-0.1, -0.05) is 15.9 Å². The third-order valence-corrected chi connectivity index (χ3v) is 3.79. The average Bonchev–Trinajstić information content (AvgIpc) is 2.86. The van der Waals surface area contributed by atoms with Gasteiger partial charge in [-0.2, -0.15) is 0 Å². The smallest absolute Gasteiger partial charge is 0.355 e. The van der Waals surface area contributed by atoms with E-state index in [4.69, 9.17) is 10.8 Å². The molecular formula is C12H10BrN3O3S. The van der Waals surface area contributed by atoms with Gasteiger partial charge >= 0.3 is 5.97 Å². The Bertz CT molecular complexity index is 672. The topological polar surface area (TPSA) is 105 Å². The second kappa shape index (κ2) is 6.02. The molecule has 0 aliphatic carbocycles. The molecule has 20 heavy (non-hydrogen) atoms. The van der Waals surface area contributed by atoms with Crippen molar-refractivity contribution < 1.29 is 14.7 Å². The molecule has 6 nitrogen and oxygen atoms in total. The van der Waals surface area contributed by atoms with Gasteiger partial charge in [0, 0.05) is 15.5 Å². The van der Waals surface area contributed by atoms with Crippen molar-refractivity contribution in [2.75, 3.05) is 5.32 Å². The van der Waals surface area contributed by atoms with Crippen LogP contribution in [0.15, 0.2) is 28.1 Å². The zero-order valence-corrected chi connectivity index (χ0v) is 12.5. The number of benzene rings is 1. The zero-order valence-electron chi connectivity index (χ0n) is 10.1. The first kappa shape index (κ1) is 14.5. The minimum atomic E-state index is -1.06. The van der Waals surface area contributed by atoms with Crippen LogP contribution in [0.4, 0.5) is 5.69 Å². The molecule has 1 aromatic heterocycles. The molecule has 8 heteroatoms. The quantitative estimate of drug-likeness (QED) is 0.763. The van der Waals surface area contributed by atoms with Crippen LogP contribution in [-0.2, 0) is 6.54 Å². The third kappa shape index (κ3) is 3.34. The second-order valence-electron chi connectivity index (χ2n) is 3.84. The van der Waals surface area contributed by atoms with E-state index in [0.29, 0.717) is 22.8 Å². The number of primary amides is 1. The lowest BCUT2D eigenvalue weighted by atomic mass is 10.1. The molecule has 0 atom stereocenters. The largest absolute Gasteiger partial charge is 0.476 e. The molecule has 2 rings (SSSR count). The zero-order chi connectivity index (χ0) is 14.7. The van der Waals surface area contributed by atoms with Gasteiger partial charge in [0.05, 0.1) is 12.1 Å². The van der Waals surface area contributed by atoms with Crippen LogP contribution in [0.3, 0.4) is 0 Å². The first-order valence-corrected chi connectivity index (χ1v) is 7.15. The van der Waals surface area contributed by atoms with Crippen LogP contribution in [0.5, 0.6) is 0 Å². The molecule has 0 bridgehead atoms. The van der Waals surface area contributed by atoms with E-state index < -0.39 is 11.9 Å². The fourth-order valence-corrected chi connectivity index (χ4v) is 2.60. The molecular weight excluding hydrogens is 346 g/mol. The minimum absolute atomic E-state index is 0.0118. The Morgan fingerprint density at radius 1 is 1.45 bits per heavy atom. The summed E-state index contributed by atoms with van der Waals surface area (Å²) in [5.74, 6) is -1.60. The minimum Gasteiger partial charge on any atom is -0.476 e. The van der Waals surface area contributed by atoms with Crippen LogP contribution in [-0.4, -0.2) is 22.0 Å². The van der Waals surface area contributed by atoms with Crippen molar-refractivity contribution in [3.05, 3.63) is 44.3 Å². The number of aromatic nitrogens is 1. The van der Waals surface area contributed by atoms with Gasteiger partial charge in [0.25, 0.3) is 5.91 Å². The predicted octanol–water partition coefficient (Wildman–Crippen LogP) is 2.31. The number of carboxylic acids is 1. The van der Waals surface area contributed by atoms with Gasteiger partial charge in [0.2, 0.25) is 0 Å². The number of aromatic carboxylic acids is 1. The number of rotatable bonds is 5. The van der Waals surface area contributed by atoms with Crippen molar-refractivity contribution >= 4 is 44.8 Å². The van der Waals surface area contributed by atoms with E-state index >= 15 is 0 Å². The third-order valence-electron chi connectivity index (χ3n) is 2.45. The molecule has 0 saturated heterocycles. The second-order valence-corrected chi connectivity index (χ2v) is 5.70. The number of nitrogens with two attached hydrogens (primary N) is 1. The van der Waals surface area contributed by atoms with Crippen molar-refractivity contribution in [3.63, 3.8) is 0 Å². The number of carboxylic acid groups (broad SMARTS) is 1. The Morgan fingerprint density at radius 3 is 2.80 bits per heavy atom. The van der Waals surface area contributed by atoms with Crippen LogP contribution < -0.4 is 11.1 Å². The lowest BCUT2D eigenvalue weighted by molar-refractivity contribution is 0.0691. The lowest BCUT2D eigenvalue weighted by Gasteiger charge is -2.09. The van der Waals surface area contributed by atoms with Gasteiger partial charge in [0.15, 0.2) is 5.69 Å². The summed E-state index contributed by atoms with van der Waals surface area (Å²) in [7, 11) is 0. The van der Waals surface area contributed by atoms with Gasteiger partial charge < -0.3 is 16.2 Å². The summed E-state index contributed by atoms with van der Waals surface area (Å²) in [6.45, 7) is 0.319. The Kier molecular flexibility index (Phi) is 4.35. The normalized spacial score (nSPS) is 10.2. The fourth-order valence-electron chi connectivity index (χ4n) is 1.54. The highest BCUT2D eigenvalue weighted by Crippen LogP contribution is 2.22. The molecule has 104 valence electrons. The lowest BCUT2D eigenvalue weighted by Crippen LogP contribution is -2.14. The van der Waals surface area contributed by atoms with E-state index in [-0.39, 0.29) is 5.69 Å². The van der Waals surface area contributed by atoms with Gasteiger partial charge in [-0.05, 0) is 18.2 Å². The van der Waals surface area contributed by atoms with Crippen molar-refractivity contribution in [3.8, 4) is 0 Å². The molecule has 0 aliphatic rings. The van der Waals surface area contributed by atoms with E-state index in [1.807, 2.05) is 0 Å². The van der Waals surface area contributed by atoms with Crippen molar-refractivity contribution in [2.45, 2.75) is 6.54 Å². The number of hydrogen-bond acceptors (Lipinski definition) is 5. The summed E-state index contributed by atoms with van der Waals surface area (Å²) in [6, 6.07) is 5.12. The molecule has 0 radical (unpaired) electrons. The molecule has 1 amide bonds. The van der Waals surface area contributed by atoms with E-state index in [1.54, 1.807) is 18.2 Å². The van der Waals surface area contributed by atoms with Gasteiger partial charge in [0.1, 0.15) is 5.01 Å². The average molecular weight is 356 g/mol. The molecule has 0 fully saturated rings. The number of nitrogens with one attached hydrogen (secondary N) is 1. The number of hydrogen-bond donors (Lipinski definition) is 3. The number of anilines is 1. The highest BCUT2D eigenvalue weighted by molar-refractivity contribution is 9.10. The Hall–Kier alpha value is -1.93. The van der Waals surface area contributed by atoms with Gasteiger partial charge in [-0.3, -0.25) is 4.79 Å². The summed E-state index contributed by atoms with van der Waals surface area (Å²) < 4.78 is 0.749. The van der Waals surface area contributed by atoms with Crippen molar-refractivity contribution in [1.29, 1.82) is 0 Å². The summed E-state index contributed by atoms with van der Waals surface area (Å²) in [6.07, 6.45) is 0. The first-order valence-electron chi connectivity index (χ1n) is 5.48. The predicted molar refractivity (Wildman–Crippen MR) is 79.1 cm³/mol. The maximum Gasteiger partial charge on any atom is 0.355 e. The number of carbonyl (C=O) groups is 2. The van der Waals surface area contributed by atoms with Gasteiger partial charge in [-0.15, -0.1) is 11.3 Å². The standard InChI is InChI=1S/C12H10BrN3O3S/c13-6-1-2-8(7(3-6)11(14)17)15-4-10-16-9(5-20-10)12(18)19/h1-3,5,15H,4H2,(H2,14,17)(H,18,19). The van der Waals surface area contributed by atoms with Crippen LogP contribution in [0.25, 0.3) is 0 Å². The summed E-state index contributed by atoms with van der Waals surface area (Å²) in [5, 5.41) is 13.9. The van der Waals surface area contributed by atoms with Crippen LogP contribution in [0, 0.1) is 0 Å². The molecule has 4 N–H and O–H groups in total. The van der Waals surface area contributed by atoms with E-state index in [1.165, 1.54) is 16.7 Å². The molecule has 0 unspecified atom stereocenters. The number of carbonyl (C=O) groups excluding carboxylic acids is 1. The maximum atomic E-state index is 11.3. The number of thiazole rings is 1. The van der Waals surface area contributed by atoms with Crippen LogP contribution in [0.1, 0.15) is 25.9 Å². The maximum absolute atomic E-state index is 11.3. The summed E-state index contributed by atoms with van der Waals surface area (Å²) in [4.78, 5) is 26.0. The first-order chi connectivity index (χ1) is 9.47. The number of nitrogens with zero attached hydrogens (tertiary/aromatic N) is 1. The van der Waals surface area contributed by atoms with E-state index in [2.05, 4.69) is 26.2 Å². The number of amides is 1. The van der Waals surface area contributed by atoms with Crippen LogP contribution in [0.2, 0.25) is 0 Å². The van der Waals surface area contributed by atoms with Crippen molar-refractivity contribution in [2.24, 2.45) is 5.73 Å². The Morgan fingerprint density at radius 2 is 2.20 bits per heavy atom. The van der Waals surface area contributed by atoms with E-state index in [9.17, 15) is 9.59 Å².